The minimum atomic E-state index is 0.122. The van der Waals surface area contributed by atoms with Crippen molar-refractivity contribution in [3.05, 3.63) is 64.7 Å². The van der Waals surface area contributed by atoms with Crippen molar-refractivity contribution < 1.29 is 4.79 Å². The number of carbonyl (C=O) groups excluding carboxylic acids is 1. The molecule has 33 heavy (non-hydrogen) atoms. The SMILES string of the molecule is CCC(C)c1nc(N2CCCN(C(=O)c3cccs3)CC2)c2cnn(-c3ccccc3)c2n1. The molecule has 1 unspecified atom stereocenters. The maximum Gasteiger partial charge on any atom is 0.263 e. The molecule has 0 spiro atoms. The van der Waals surface area contributed by atoms with E-state index in [4.69, 9.17) is 9.97 Å². The average Bonchev–Trinajstić information content (AvgIpc) is 3.48. The molecule has 3 aromatic heterocycles. The highest BCUT2D eigenvalue weighted by atomic mass is 32.1. The third-order valence-corrected chi connectivity index (χ3v) is 7.15. The molecule has 1 fully saturated rings. The summed E-state index contributed by atoms with van der Waals surface area (Å²) in [6, 6.07) is 13.9. The van der Waals surface area contributed by atoms with Gasteiger partial charge in [0.2, 0.25) is 0 Å². The molecule has 8 heteroatoms. The molecule has 0 aliphatic carbocycles. The number of hydrogen-bond donors (Lipinski definition) is 0. The van der Waals surface area contributed by atoms with Crippen molar-refractivity contribution in [2.24, 2.45) is 0 Å². The molecule has 0 saturated carbocycles. The highest BCUT2D eigenvalue weighted by Gasteiger charge is 2.25. The van der Waals surface area contributed by atoms with Gasteiger partial charge in [-0.3, -0.25) is 4.79 Å². The van der Waals surface area contributed by atoms with E-state index in [2.05, 4.69) is 23.8 Å². The Balaban J connectivity index is 1.50. The summed E-state index contributed by atoms with van der Waals surface area (Å²) in [6.45, 7) is 7.33. The Morgan fingerprint density at radius 2 is 1.91 bits per heavy atom. The van der Waals surface area contributed by atoms with E-state index in [0.29, 0.717) is 6.54 Å². The normalized spacial score (nSPS) is 15.6. The molecule has 1 aliphatic rings. The lowest BCUT2D eigenvalue weighted by Gasteiger charge is -2.24. The van der Waals surface area contributed by atoms with Gasteiger partial charge in [0.05, 0.1) is 22.1 Å². The summed E-state index contributed by atoms with van der Waals surface area (Å²) in [6.07, 6.45) is 3.74. The lowest BCUT2D eigenvalue weighted by molar-refractivity contribution is 0.0772. The first-order chi connectivity index (χ1) is 16.2. The molecule has 4 heterocycles. The topological polar surface area (TPSA) is 67.2 Å². The van der Waals surface area contributed by atoms with Gasteiger partial charge < -0.3 is 9.80 Å². The quantitative estimate of drug-likeness (QED) is 0.430. The largest absolute Gasteiger partial charge is 0.354 e. The number of nitrogens with zero attached hydrogens (tertiary/aromatic N) is 6. The van der Waals surface area contributed by atoms with Crippen molar-refractivity contribution in [2.75, 3.05) is 31.1 Å². The fourth-order valence-corrected chi connectivity index (χ4v) is 4.89. The standard InChI is InChI=1S/C25H28N6OS/c1-3-18(2)22-27-23(20-17-26-31(24(20)28-22)19-9-5-4-6-10-19)29-12-8-13-30(15-14-29)25(32)21-11-7-16-33-21/h4-7,9-11,16-18H,3,8,12-15H2,1-2H3. The van der Waals surface area contributed by atoms with Crippen molar-refractivity contribution in [3.8, 4) is 5.69 Å². The van der Waals surface area contributed by atoms with Crippen LogP contribution in [0.5, 0.6) is 0 Å². The first kappa shape index (κ1) is 21.6. The predicted octanol–water partition coefficient (Wildman–Crippen LogP) is 4.74. The monoisotopic (exact) mass is 460 g/mol. The summed E-state index contributed by atoms with van der Waals surface area (Å²) in [5.74, 6) is 2.13. The minimum absolute atomic E-state index is 0.122. The van der Waals surface area contributed by atoms with Gasteiger partial charge in [0.25, 0.3) is 5.91 Å². The summed E-state index contributed by atoms with van der Waals surface area (Å²) in [5.41, 5.74) is 1.81. The van der Waals surface area contributed by atoms with Crippen molar-refractivity contribution in [2.45, 2.75) is 32.6 Å². The second-order valence-corrected chi connectivity index (χ2v) is 9.40. The van der Waals surface area contributed by atoms with Crippen LogP contribution < -0.4 is 4.90 Å². The van der Waals surface area contributed by atoms with Crippen LogP contribution in [0.2, 0.25) is 0 Å². The lowest BCUT2D eigenvalue weighted by atomic mass is 10.1. The third-order valence-electron chi connectivity index (χ3n) is 6.29. The zero-order valence-electron chi connectivity index (χ0n) is 19.0. The summed E-state index contributed by atoms with van der Waals surface area (Å²) >= 11 is 1.50. The molecule has 0 bridgehead atoms. The molecule has 5 rings (SSSR count). The number of fused-ring (bicyclic) bond motifs is 1. The van der Waals surface area contributed by atoms with Gasteiger partial charge in [-0.2, -0.15) is 5.10 Å². The molecular formula is C25H28N6OS. The second-order valence-electron chi connectivity index (χ2n) is 8.45. The van der Waals surface area contributed by atoms with E-state index in [1.807, 2.05) is 63.6 Å². The number of para-hydroxylation sites is 1. The van der Waals surface area contributed by atoms with E-state index in [-0.39, 0.29) is 11.8 Å². The van der Waals surface area contributed by atoms with Gasteiger partial charge in [-0.1, -0.05) is 38.1 Å². The number of aromatic nitrogens is 4. The minimum Gasteiger partial charge on any atom is -0.354 e. The van der Waals surface area contributed by atoms with Gasteiger partial charge in [0.15, 0.2) is 5.65 Å². The fraction of sp³-hybridized carbons (Fsp3) is 0.360. The number of anilines is 1. The molecule has 7 nitrogen and oxygen atoms in total. The Morgan fingerprint density at radius 3 is 2.67 bits per heavy atom. The Hall–Kier alpha value is -3.26. The first-order valence-electron chi connectivity index (χ1n) is 11.5. The number of carbonyl (C=O) groups is 1. The number of benzene rings is 1. The van der Waals surface area contributed by atoms with Crippen LogP contribution in [-0.2, 0) is 0 Å². The number of hydrogen-bond acceptors (Lipinski definition) is 6. The summed E-state index contributed by atoms with van der Waals surface area (Å²) in [4.78, 5) is 27.9. The van der Waals surface area contributed by atoms with Gasteiger partial charge in [-0.05, 0) is 36.4 Å². The van der Waals surface area contributed by atoms with Crippen molar-refractivity contribution in [3.63, 3.8) is 0 Å². The van der Waals surface area contributed by atoms with Gasteiger partial charge in [0.1, 0.15) is 11.6 Å². The molecule has 1 saturated heterocycles. The smallest absolute Gasteiger partial charge is 0.263 e. The zero-order valence-corrected chi connectivity index (χ0v) is 19.8. The first-order valence-corrected chi connectivity index (χ1v) is 12.4. The third kappa shape index (κ3) is 4.23. The van der Waals surface area contributed by atoms with Crippen LogP contribution in [0.25, 0.3) is 16.7 Å². The molecule has 1 aliphatic heterocycles. The Kier molecular flexibility index (Phi) is 6.09. The molecular weight excluding hydrogens is 432 g/mol. The number of rotatable bonds is 5. The van der Waals surface area contributed by atoms with E-state index in [9.17, 15) is 4.79 Å². The highest BCUT2D eigenvalue weighted by molar-refractivity contribution is 7.12. The molecule has 1 amide bonds. The van der Waals surface area contributed by atoms with E-state index in [1.165, 1.54) is 11.3 Å². The summed E-state index contributed by atoms with van der Waals surface area (Å²) in [5, 5.41) is 7.57. The molecule has 1 atom stereocenters. The maximum absolute atomic E-state index is 12.9. The molecule has 170 valence electrons. The van der Waals surface area contributed by atoms with E-state index in [1.54, 1.807) is 0 Å². The van der Waals surface area contributed by atoms with Crippen LogP contribution in [0.3, 0.4) is 0 Å². The van der Waals surface area contributed by atoms with Gasteiger partial charge in [0, 0.05) is 32.1 Å². The maximum atomic E-state index is 12.9. The van der Waals surface area contributed by atoms with Crippen LogP contribution in [0.1, 0.15) is 48.1 Å². The van der Waals surface area contributed by atoms with Crippen LogP contribution in [-0.4, -0.2) is 56.7 Å². The van der Waals surface area contributed by atoms with Gasteiger partial charge in [-0.15, -0.1) is 11.3 Å². The lowest BCUT2D eigenvalue weighted by Crippen LogP contribution is -2.35. The highest BCUT2D eigenvalue weighted by Crippen LogP contribution is 2.29. The Bertz CT molecular complexity index is 1240. The molecule has 1 aromatic carbocycles. The van der Waals surface area contributed by atoms with E-state index >= 15 is 0 Å². The molecule has 0 radical (unpaired) electrons. The van der Waals surface area contributed by atoms with Crippen LogP contribution in [0.4, 0.5) is 5.82 Å². The van der Waals surface area contributed by atoms with Gasteiger partial charge >= 0.3 is 0 Å². The molecule has 0 N–H and O–H groups in total. The Labute approximate surface area is 197 Å². The average molecular weight is 461 g/mol. The van der Waals surface area contributed by atoms with Gasteiger partial charge in [-0.25, -0.2) is 14.6 Å². The second kappa shape index (κ2) is 9.31. The summed E-state index contributed by atoms with van der Waals surface area (Å²) in [7, 11) is 0. The van der Waals surface area contributed by atoms with E-state index < -0.39 is 0 Å². The van der Waals surface area contributed by atoms with Crippen LogP contribution in [0.15, 0.2) is 54.0 Å². The van der Waals surface area contributed by atoms with Crippen molar-refractivity contribution >= 4 is 34.1 Å². The fourth-order valence-electron chi connectivity index (χ4n) is 4.20. The van der Waals surface area contributed by atoms with Crippen molar-refractivity contribution in [1.29, 1.82) is 0 Å². The zero-order chi connectivity index (χ0) is 22.8. The van der Waals surface area contributed by atoms with Crippen LogP contribution >= 0.6 is 11.3 Å². The number of thiophene rings is 1. The molecule has 4 aromatic rings. The number of amides is 1. The Morgan fingerprint density at radius 1 is 1.06 bits per heavy atom. The van der Waals surface area contributed by atoms with Crippen molar-refractivity contribution in [1.82, 2.24) is 24.6 Å². The van der Waals surface area contributed by atoms with Crippen LogP contribution in [0, 0.1) is 0 Å². The summed E-state index contributed by atoms with van der Waals surface area (Å²) < 4.78 is 1.90. The van der Waals surface area contributed by atoms with E-state index in [0.717, 1.165) is 65.7 Å². The predicted molar refractivity (Wildman–Crippen MR) is 132 cm³/mol.